The van der Waals surface area contributed by atoms with Gasteiger partial charge < -0.3 is 31.8 Å². The molecule has 192 valence electrons. The molecule has 0 bridgehead atoms. The third-order valence-corrected chi connectivity index (χ3v) is 6.17. The molecule has 35 heavy (non-hydrogen) atoms. The minimum atomic E-state index is -1.19. The van der Waals surface area contributed by atoms with Gasteiger partial charge in [0.25, 0.3) is 0 Å². The average molecular weight is 488 g/mol. The third kappa shape index (κ3) is 7.29. The van der Waals surface area contributed by atoms with Gasteiger partial charge in [-0.15, -0.1) is 0 Å². The molecule has 0 fully saturated rings. The highest BCUT2D eigenvalue weighted by molar-refractivity contribution is 5.94. The van der Waals surface area contributed by atoms with Crippen LogP contribution < -0.4 is 21.7 Å². The van der Waals surface area contributed by atoms with E-state index in [-0.39, 0.29) is 18.3 Å². The van der Waals surface area contributed by atoms with Crippen LogP contribution in [0.15, 0.2) is 30.5 Å². The zero-order chi connectivity index (χ0) is 26.3. The zero-order valence-electron chi connectivity index (χ0n) is 20.9. The Hall–Kier alpha value is -3.40. The smallest absolute Gasteiger partial charge is 0.326 e. The van der Waals surface area contributed by atoms with Crippen LogP contribution in [-0.4, -0.2) is 57.9 Å². The summed E-state index contributed by atoms with van der Waals surface area (Å²) in [4.78, 5) is 53.4. The van der Waals surface area contributed by atoms with Crippen LogP contribution in [0.1, 0.15) is 46.6 Å². The topological polar surface area (TPSA) is 166 Å². The number of aliphatic carboxylic acids is 1. The standard InChI is InChI=1S/C25H37N5O5/c1-6-14(4)21(30-23(32)20(13(2)3)29-22(31)15(5)26)24(33)28-19(25(34)35)11-16-12-27-18-10-8-7-9-17(16)18/h7-10,12-15,19-21,27H,6,11,26H2,1-5H3,(H,28,33)(H,29,31)(H,30,32)(H,34,35). The highest BCUT2D eigenvalue weighted by atomic mass is 16.4. The molecule has 3 amide bonds. The number of hydrogen-bond donors (Lipinski definition) is 6. The van der Waals surface area contributed by atoms with Crippen LogP contribution >= 0.6 is 0 Å². The number of carboxylic acids is 1. The number of nitrogens with one attached hydrogen (secondary N) is 4. The van der Waals surface area contributed by atoms with Crippen molar-refractivity contribution in [2.45, 2.75) is 71.6 Å². The first-order chi connectivity index (χ1) is 16.5. The lowest BCUT2D eigenvalue weighted by Crippen LogP contribution is -2.59. The summed E-state index contributed by atoms with van der Waals surface area (Å²) in [6.45, 7) is 8.72. The molecule has 5 atom stereocenters. The van der Waals surface area contributed by atoms with Crippen molar-refractivity contribution < 1.29 is 24.3 Å². The van der Waals surface area contributed by atoms with E-state index in [0.717, 1.165) is 16.5 Å². The third-order valence-electron chi connectivity index (χ3n) is 6.17. The second-order valence-corrected chi connectivity index (χ2v) is 9.35. The van der Waals surface area contributed by atoms with Crippen LogP contribution in [0.5, 0.6) is 0 Å². The van der Waals surface area contributed by atoms with Gasteiger partial charge in [-0.25, -0.2) is 4.79 Å². The number of aromatic amines is 1. The number of amides is 3. The van der Waals surface area contributed by atoms with Gasteiger partial charge in [-0.3, -0.25) is 14.4 Å². The summed E-state index contributed by atoms with van der Waals surface area (Å²) in [5.41, 5.74) is 7.24. The maximum atomic E-state index is 13.2. The van der Waals surface area contributed by atoms with Gasteiger partial charge in [0, 0.05) is 23.5 Å². The fourth-order valence-electron chi connectivity index (χ4n) is 3.75. The second-order valence-electron chi connectivity index (χ2n) is 9.35. The maximum Gasteiger partial charge on any atom is 0.326 e. The number of nitrogens with two attached hydrogens (primary N) is 1. The number of rotatable bonds is 12. The lowest BCUT2D eigenvalue weighted by atomic mass is 9.95. The van der Waals surface area contributed by atoms with Crippen molar-refractivity contribution in [3.63, 3.8) is 0 Å². The molecule has 0 saturated heterocycles. The molecule has 1 aromatic heterocycles. The molecule has 5 unspecified atom stereocenters. The van der Waals surface area contributed by atoms with Crippen LogP contribution in [0.4, 0.5) is 0 Å². The van der Waals surface area contributed by atoms with E-state index < -0.39 is 47.9 Å². The fourth-order valence-corrected chi connectivity index (χ4v) is 3.75. The first-order valence-corrected chi connectivity index (χ1v) is 11.9. The molecule has 0 spiro atoms. The number of carbonyl (C=O) groups is 4. The van der Waals surface area contributed by atoms with Crippen LogP contribution in [0, 0.1) is 11.8 Å². The molecule has 2 aromatic rings. The van der Waals surface area contributed by atoms with E-state index >= 15 is 0 Å². The first-order valence-electron chi connectivity index (χ1n) is 11.9. The summed E-state index contributed by atoms with van der Waals surface area (Å²) in [6, 6.07) is 3.64. The SMILES string of the molecule is CCC(C)C(NC(=O)C(NC(=O)C(C)N)C(C)C)C(=O)NC(Cc1c[nH]c2ccccc12)C(=O)O. The van der Waals surface area contributed by atoms with Crippen LogP contribution in [0.25, 0.3) is 10.9 Å². The van der Waals surface area contributed by atoms with Gasteiger partial charge in [0.2, 0.25) is 17.7 Å². The summed E-state index contributed by atoms with van der Waals surface area (Å²) in [6.07, 6.45) is 2.37. The Kier molecular flexibility index (Phi) is 9.82. The summed E-state index contributed by atoms with van der Waals surface area (Å²) in [5, 5.41) is 18.6. The summed E-state index contributed by atoms with van der Waals surface area (Å²) in [5.74, 6) is -3.32. The van der Waals surface area contributed by atoms with Crippen LogP contribution in [0.3, 0.4) is 0 Å². The Labute approximate surface area is 205 Å². The van der Waals surface area contributed by atoms with E-state index in [1.54, 1.807) is 27.0 Å². The van der Waals surface area contributed by atoms with Gasteiger partial charge in [-0.2, -0.15) is 0 Å². The monoisotopic (exact) mass is 487 g/mol. The van der Waals surface area contributed by atoms with Crippen molar-refractivity contribution >= 4 is 34.6 Å². The van der Waals surface area contributed by atoms with Gasteiger partial charge in [-0.1, -0.05) is 52.3 Å². The van der Waals surface area contributed by atoms with Crippen molar-refractivity contribution in [2.24, 2.45) is 17.6 Å². The normalized spacial score (nSPS) is 15.6. The number of aromatic nitrogens is 1. The van der Waals surface area contributed by atoms with Crippen LogP contribution in [-0.2, 0) is 25.6 Å². The number of benzene rings is 1. The number of H-pyrrole nitrogens is 1. The van der Waals surface area contributed by atoms with Crippen LogP contribution in [0.2, 0.25) is 0 Å². The summed E-state index contributed by atoms with van der Waals surface area (Å²) in [7, 11) is 0. The predicted octanol–water partition coefficient (Wildman–Crippen LogP) is 1.30. The van der Waals surface area contributed by atoms with Crippen molar-refractivity contribution in [1.29, 1.82) is 0 Å². The van der Waals surface area contributed by atoms with Crippen molar-refractivity contribution in [1.82, 2.24) is 20.9 Å². The molecule has 2 rings (SSSR count). The Bertz CT molecular complexity index is 1050. The number of hydrogen-bond acceptors (Lipinski definition) is 5. The molecular formula is C25H37N5O5. The minimum Gasteiger partial charge on any atom is -0.480 e. The van der Waals surface area contributed by atoms with E-state index in [2.05, 4.69) is 20.9 Å². The Morgan fingerprint density at radius 1 is 0.943 bits per heavy atom. The van der Waals surface area contributed by atoms with E-state index in [9.17, 15) is 24.3 Å². The lowest BCUT2D eigenvalue weighted by molar-refractivity contribution is -0.142. The van der Waals surface area contributed by atoms with E-state index in [1.165, 1.54) is 6.92 Å². The summed E-state index contributed by atoms with van der Waals surface area (Å²) < 4.78 is 0. The zero-order valence-corrected chi connectivity index (χ0v) is 20.9. The Morgan fingerprint density at radius 2 is 1.54 bits per heavy atom. The van der Waals surface area contributed by atoms with Crippen molar-refractivity contribution in [3.05, 3.63) is 36.0 Å². The Morgan fingerprint density at radius 3 is 2.11 bits per heavy atom. The fraction of sp³-hybridized carbons (Fsp3) is 0.520. The molecular weight excluding hydrogens is 450 g/mol. The molecule has 0 aliphatic carbocycles. The molecule has 1 aromatic carbocycles. The van der Waals surface area contributed by atoms with Gasteiger partial charge in [0.05, 0.1) is 6.04 Å². The molecule has 10 nitrogen and oxygen atoms in total. The quantitative estimate of drug-likeness (QED) is 0.264. The number of carbonyl (C=O) groups excluding carboxylic acids is 3. The minimum absolute atomic E-state index is 0.0747. The van der Waals surface area contributed by atoms with Crippen molar-refractivity contribution in [3.8, 4) is 0 Å². The van der Waals surface area contributed by atoms with E-state index in [4.69, 9.17) is 5.73 Å². The first kappa shape index (κ1) is 27.8. The highest BCUT2D eigenvalue weighted by Crippen LogP contribution is 2.19. The molecule has 1 heterocycles. The van der Waals surface area contributed by atoms with Gasteiger partial charge in [-0.05, 0) is 30.4 Å². The molecule has 0 saturated carbocycles. The summed E-state index contributed by atoms with van der Waals surface area (Å²) >= 11 is 0. The van der Waals surface area contributed by atoms with Crippen molar-refractivity contribution in [2.75, 3.05) is 0 Å². The van der Waals surface area contributed by atoms with Gasteiger partial charge >= 0.3 is 5.97 Å². The molecule has 0 radical (unpaired) electrons. The second kappa shape index (κ2) is 12.3. The number of para-hydroxylation sites is 1. The Balaban J connectivity index is 2.20. The van der Waals surface area contributed by atoms with Gasteiger partial charge in [0.1, 0.15) is 18.1 Å². The highest BCUT2D eigenvalue weighted by Gasteiger charge is 2.33. The van der Waals surface area contributed by atoms with E-state index in [0.29, 0.717) is 6.42 Å². The molecule has 10 heteroatoms. The maximum absolute atomic E-state index is 13.2. The predicted molar refractivity (Wildman–Crippen MR) is 133 cm³/mol. The lowest BCUT2D eigenvalue weighted by Gasteiger charge is -2.29. The van der Waals surface area contributed by atoms with E-state index in [1.807, 2.05) is 31.2 Å². The number of fused-ring (bicyclic) bond motifs is 1. The largest absolute Gasteiger partial charge is 0.480 e. The average Bonchev–Trinajstić information content (AvgIpc) is 3.21. The number of carboxylic acid groups (broad SMARTS) is 1. The van der Waals surface area contributed by atoms with Gasteiger partial charge in [0.15, 0.2) is 0 Å². The molecule has 0 aliphatic heterocycles. The molecule has 7 N–H and O–H groups in total. The molecule has 0 aliphatic rings.